The molecular weight excluding hydrogens is 203 g/mol. The maximum absolute atomic E-state index is 10.3. The molecule has 0 aromatic rings. The van der Waals surface area contributed by atoms with Crippen LogP contribution in [0.4, 0.5) is 0 Å². The second-order valence-electron chi connectivity index (χ2n) is 2.62. The van der Waals surface area contributed by atoms with Crippen molar-refractivity contribution in [2.45, 2.75) is 19.8 Å². The Kier molecular flexibility index (Phi) is 8.16. The minimum atomic E-state index is -3.92. The maximum Gasteiger partial charge on any atom is 1.00 e. The van der Waals surface area contributed by atoms with Crippen LogP contribution in [0.2, 0.25) is 0 Å². The Balaban J connectivity index is -0.000000720. The standard InChI is InChI=1S/C7H12O5S.Li.H/c1-6(7(8)9)4-2-3-5-13(10,11)12;;/h4H,2-3,5H2,1H3,(H,8,9)(H,10,11,12);;/q;+1;-1. The zero-order valence-corrected chi connectivity index (χ0v) is 9.04. The van der Waals surface area contributed by atoms with Crippen molar-refractivity contribution in [2.24, 2.45) is 0 Å². The van der Waals surface area contributed by atoms with E-state index in [-0.39, 0.29) is 38.0 Å². The number of hydrogen-bond acceptors (Lipinski definition) is 3. The molecule has 78 valence electrons. The van der Waals surface area contributed by atoms with Gasteiger partial charge in [-0.25, -0.2) is 4.79 Å². The van der Waals surface area contributed by atoms with Gasteiger partial charge in [0.25, 0.3) is 10.1 Å². The first-order chi connectivity index (χ1) is 5.83. The van der Waals surface area contributed by atoms with Crippen LogP contribution in [0.3, 0.4) is 0 Å². The quantitative estimate of drug-likeness (QED) is 0.235. The molecule has 0 atom stereocenters. The van der Waals surface area contributed by atoms with E-state index >= 15 is 0 Å². The van der Waals surface area contributed by atoms with E-state index in [0.717, 1.165) is 0 Å². The van der Waals surface area contributed by atoms with Crippen LogP contribution in [-0.2, 0) is 14.9 Å². The zero-order valence-electron chi connectivity index (χ0n) is 9.23. The molecule has 0 bridgehead atoms. The molecule has 0 aromatic carbocycles. The van der Waals surface area contributed by atoms with Crippen LogP contribution in [0.25, 0.3) is 0 Å². The average molecular weight is 216 g/mol. The fraction of sp³-hybridized carbons (Fsp3) is 0.571. The second kappa shape index (κ2) is 7.07. The van der Waals surface area contributed by atoms with E-state index < -0.39 is 16.1 Å². The van der Waals surface area contributed by atoms with Crippen molar-refractivity contribution in [1.29, 1.82) is 0 Å². The van der Waals surface area contributed by atoms with Crippen molar-refractivity contribution < 1.29 is 43.2 Å². The molecule has 5 nitrogen and oxygen atoms in total. The Hall–Kier alpha value is -0.283. The molecule has 0 saturated heterocycles. The summed E-state index contributed by atoms with van der Waals surface area (Å²) in [6, 6.07) is 0. The minimum Gasteiger partial charge on any atom is -1.00 e. The number of carbonyl (C=O) groups is 1. The first-order valence-corrected chi connectivity index (χ1v) is 5.29. The molecule has 0 saturated carbocycles. The van der Waals surface area contributed by atoms with Crippen LogP contribution >= 0.6 is 0 Å². The molecule has 0 amide bonds. The molecule has 0 unspecified atom stereocenters. The largest absolute Gasteiger partial charge is 1.00 e. The summed E-state index contributed by atoms with van der Waals surface area (Å²) in [6.07, 6.45) is 1.98. The van der Waals surface area contributed by atoms with Crippen molar-refractivity contribution >= 4 is 16.1 Å². The molecule has 0 rings (SSSR count). The summed E-state index contributed by atoms with van der Waals surface area (Å²) in [5, 5.41) is 8.41. The summed E-state index contributed by atoms with van der Waals surface area (Å²) in [7, 11) is -3.92. The van der Waals surface area contributed by atoms with Crippen LogP contribution in [0, 0.1) is 0 Å². The normalized spacial score (nSPS) is 12.0. The molecule has 0 heterocycles. The molecule has 0 fully saturated rings. The van der Waals surface area contributed by atoms with Gasteiger partial charge in [0.05, 0.1) is 5.75 Å². The molecular formula is C7H13LiO5S. The first kappa shape index (κ1) is 16.2. The van der Waals surface area contributed by atoms with Crippen LogP contribution in [-0.4, -0.2) is 29.8 Å². The number of carboxylic acids is 1. The van der Waals surface area contributed by atoms with E-state index in [0.29, 0.717) is 6.42 Å². The molecule has 0 radical (unpaired) electrons. The van der Waals surface area contributed by atoms with Gasteiger partial charge in [-0.2, -0.15) is 8.42 Å². The molecule has 0 aliphatic carbocycles. The number of unbranched alkanes of at least 4 members (excludes halogenated alkanes) is 1. The Labute approximate surface area is 96.6 Å². The Morgan fingerprint density at radius 2 is 2.00 bits per heavy atom. The van der Waals surface area contributed by atoms with E-state index in [9.17, 15) is 13.2 Å². The summed E-state index contributed by atoms with van der Waals surface area (Å²) < 4.78 is 28.8. The maximum atomic E-state index is 10.3. The van der Waals surface area contributed by atoms with Gasteiger partial charge < -0.3 is 6.53 Å². The fourth-order valence-electron chi connectivity index (χ4n) is 0.672. The van der Waals surface area contributed by atoms with Crippen LogP contribution in [0.15, 0.2) is 11.6 Å². The molecule has 0 spiro atoms. The van der Waals surface area contributed by atoms with Gasteiger partial charge in [0.15, 0.2) is 0 Å². The third-order valence-electron chi connectivity index (χ3n) is 1.39. The average Bonchev–Trinajstić information content (AvgIpc) is 1.95. The minimum absolute atomic E-state index is 0. The van der Waals surface area contributed by atoms with Crippen LogP contribution in [0.5, 0.6) is 0 Å². The van der Waals surface area contributed by atoms with Gasteiger partial charge in [-0.3, -0.25) is 4.55 Å². The Morgan fingerprint density at radius 1 is 1.50 bits per heavy atom. The van der Waals surface area contributed by atoms with Gasteiger partial charge in [-0.15, -0.1) is 0 Å². The second-order valence-corrected chi connectivity index (χ2v) is 4.19. The van der Waals surface area contributed by atoms with Crippen LogP contribution < -0.4 is 18.9 Å². The van der Waals surface area contributed by atoms with Gasteiger partial charge in [0.2, 0.25) is 0 Å². The monoisotopic (exact) mass is 216 g/mol. The van der Waals surface area contributed by atoms with E-state index in [1.165, 1.54) is 13.0 Å². The third kappa shape index (κ3) is 9.80. The molecule has 0 aromatic heterocycles. The zero-order chi connectivity index (χ0) is 10.5. The van der Waals surface area contributed by atoms with Gasteiger partial charge >= 0.3 is 24.8 Å². The van der Waals surface area contributed by atoms with Gasteiger partial charge in [-0.05, 0) is 19.8 Å². The molecule has 0 aliphatic rings. The number of allylic oxidation sites excluding steroid dienone is 1. The predicted molar refractivity (Wildman–Crippen MR) is 48.2 cm³/mol. The molecule has 2 N–H and O–H groups in total. The Morgan fingerprint density at radius 3 is 2.36 bits per heavy atom. The first-order valence-electron chi connectivity index (χ1n) is 3.68. The summed E-state index contributed by atoms with van der Waals surface area (Å²) in [6.45, 7) is 1.43. The predicted octanol–water partition coefficient (Wildman–Crippen LogP) is -2.20. The van der Waals surface area contributed by atoms with E-state index in [2.05, 4.69) is 0 Å². The van der Waals surface area contributed by atoms with Crippen molar-refractivity contribution in [3.8, 4) is 0 Å². The van der Waals surface area contributed by atoms with Gasteiger partial charge in [0.1, 0.15) is 0 Å². The summed E-state index contributed by atoms with van der Waals surface area (Å²) in [5.41, 5.74) is 0.176. The summed E-state index contributed by atoms with van der Waals surface area (Å²) >= 11 is 0. The van der Waals surface area contributed by atoms with Gasteiger partial charge in [-0.1, -0.05) is 6.08 Å². The molecule has 7 heteroatoms. The van der Waals surface area contributed by atoms with Crippen LogP contribution in [0.1, 0.15) is 21.2 Å². The van der Waals surface area contributed by atoms with Gasteiger partial charge in [0, 0.05) is 5.57 Å². The van der Waals surface area contributed by atoms with E-state index in [1.807, 2.05) is 0 Å². The van der Waals surface area contributed by atoms with Crippen molar-refractivity contribution in [3.05, 3.63) is 11.6 Å². The van der Waals surface area contributed by atoms with E-state index in [1.54, 1.807) is 0 Å². The van der Waals surface area contributed by atoms with Crippen molar-refractivity contribution in [1.82, 2.24) is 0 Å². The Bertz CT molecular complexity index is 311. The fourth-order valence-corrected chi connectivity index (χ4v) is 1.20. The van der Waals surface area contributed by atoms with Crippen molar-refractivity contribution in [2.75, 3.05) is 5.75 Å². The summed E-state index contributed by atoms with van der Waals surface area (Å²) in [4.78, 5) is 10.3. The SMILES string of the molecule is CC(=CCCCS(=O)(=O)O)C(=O)O.[H-].[Li+]. The number of aliphatic carboxylic acids is 1. The number of hydrogen-bond donors (Lipinski definition) is 2. The van der Waals surface area contributed by atoms with Crippen molar-refractivity contribution in [3.63, 3.8) is 0 Å². The third-order valence-corrected chi connectivity index (χ3v) is 2.20. The smallest absolute Gasteiger partial charge is 1.00 e. The summed E-state index contributed by atoms with van der Waals surface area (Å²) in [5.74, 6) is -1.36. The molecule has 14 heavy (non-hydrogen) atoms. The van der Waals surface area contributed by atoms with E-state index in [4.69, 9.17) is 9.66 Å². The number of rotatable bonds is 5. The topological polar surface area (TPSA) is 91.7 Å². The molecule has 0 aliphatic heterocycles. The number of carboxylic acid groups (broad SMARTS) is 1.